The second-order valence-corrected chi connectivity index (χ2v) is 5.02. The molecule has 2 aromatic rings. The lowest BCUT2D eigenvalue weighted by Gasteiger charge is -2.11. The summed E-state index contributed by atoms with van der Waals surface area (Å²) in [4.78, 5) is 23.0. The molecule has 0 spiro atoms. The smallest absolute Gasteiger partial charge is 0.323 e. The summed E-state index contributed by atoms with van der Waals surface area (Å²) in [6.07, 6.45) is 0. The summed E-state index contributed by atoms with van der Waals surface area (Å²) >= 11 is 0. The van der Waals surface area contributed by atoms with Crippen molar-refractivity contribution in [3.05, 3.63) is 53.6 Å². The predicted molar refractivity (Wildman–Crippen MR) is 86.3 cm³/mol. The fourth-order valence-electron chi connectivity index (χ4n) is 1.96. The number of urea groups is 1. The van der Waals surface area contributed by atoms with Gasteiger partial charge in [-0.25, -0.2) is 4.79 Å². The Morgan fingerprint density at radius 2 is 1.77 bits per heavy atom. The first-order valence-electron chi connectivity index (χ1n) is 6.88. The van der Waals surface area contributed by atoms with Crippen molar-refractivity contribution >= 4 is 23.4 Å². The molecular formula is C17H18N2O3. The Kier molecular flexibility index (Phi) is 4.78. The van der Waals surface area contributed by atoms with Crippen LogP contribution in [0.15, 0.2) is 42.5 Å². The number of rotatable bonds is 3. The van der Waals surface area contributed by atoms with Gasteiger partial charge in [-0.05, 0) is 43.2 Å². The maximum Gasteiger partial charge on any atom is 0.323 e. The molecule has 5 nitrogen and oxygen atoms in total. The van der Waals surface area contributed by atoms with Crippen molar-refractivity contribution in [2.24, 2.45) is 0 Å². The fraction of sp³-hybridized carbons (Fsp3) is 0.176. The van der Waals surface area contributed by atoms with Crippen molar-refractivity contribution in [2.75, 3.05) is 10.6 Å². The van der Waals surface area contributed by atoms with E-state index in [1.165, 1.54) is 6.92 Å². The molecule has 0 atom stereocenters. The molecule has 2 rings (SSSR count). The van der Waals surface area contributed by atoms with Crippen LogP contribution in [0.5, 0.6) is 5.75 Å². The lowest BCUT2D eigenvalue weighted by atomic mass is 10.1. The maximum atomic E-state index is 12.0. The number of esters is 1. The molecule has 2 aromatic carbocycles. The van der Waals surface area contributed by atoms with Crippen LogP contribution in [0.4, 0.5) is 16.2 Å². The number of benzene rings is 2. The number of hydrogen-bond acceptors (Lipinski definition) is 3. The van der Waals surface area contributed by atoms with E-state index in [0.717, 1.165) is 16.8 Å². The average Bonchev–Trinajstić information content (AvgIpc) is 2.42. The van der Waals surface area contributed by atoms with Gasteiger partial charge in [0.15, 0.2) is 0 Å². The van der Waals surface area contributed by atoms with Gasteiger partial charge in [0.05, 0.1) is 0 Å². The van der Waals surface area contributed by atoms with Gasteiger partial charge in [0.2, 0.25) is 0 Å². The largest absolute Gasteiger partial charge is 0.427 e. The van der Waals surface area contributed by atoms with Crippen LogP contribution in [0, 0.1) is 13.8 Å². The van der Waals surface area contributed by atoms with Gasteiger partial charge in [0.25, 0.3) is 0 Å². The second kappa shape index (κ2) is 6.76. The van der Waals surface area contributed by atoms with Gasteiger partial charge in [0, 0.05) is 24.4 Å². The molecule has 0 saturated carbocycles. The average molecular weight is 298 g/mol. The molecular weight excluding hydrogens is 280 g/mol. The number of ether oxygens (including phenoxy) is 1. The van der Waals surface area contributed by atoms with E-state index in [2.05, 4.69) is 10.6 Å². The van der Waals surface area contributed by atoms with E-state index in [9.17, 15) is 9.59 Å². The molecule has 0 aromatic heterocycles. The lowest BCUT2D eigenvalue weighted by molar-refractivity contribution is -0.131. The maximum absolute atomic E-state index is 12.0. The van der Waals surface area contributed by atoms with Crippen LogP contribution in [0.25, 0.3) is 0 Å². The van der Waals surface area contributed by atoms with Crippen molar-refractivity contribution in [2.45, 2.75) is 20.8 Å². The van der Waals surface area contributed by atoms with Gasteiger partial charge in [-0.15, -0.1) is 0 Å². The van der Waals surface area contributed by atoms with Gasteiger partial charge in [0.1, 0.15) is 5.75 Å². The highest BCUT2D eigenvalue weighted by atomic mass is 16.5. The highest BCUT2D eigenvalue weighted by molar-refractivity contribution is 6.00. The number of amides is 2. The zero-order chi connectivity index (χ0) is 16.1. The van der Waals surface area contributed by atoms with E-state index in [-0.39, 0.29) is 6.03 Å². The summed E-state index contributed by atoms with van der Waals surface area (Å²) < 4.78 is 4.98. The number of aryl methyl sites for hydroxylation is 2. The van der Waals surface area contributed by atoms with Crippen molar-refractivity contribution in [3.63, 3.8) is 0 Å². The van der Waals surface area contributed by atoms with Crippen molar-refractivity contribution in [1.29, 1.82) is 0 Å². The van der Waals surface area contributed by atoms with E-state index in [1.54, 1.807) is 24.3 Å². The van der Waals surface area contributed by atoms with Crippen LogP contribution < -0.4 is 15.4 Å². The molecule has 22 heavy (non-hydrogen) atoms. The van der Waals surface area contributed by atoms with Crippen LogP contribution in [0.1, 0.15) is 18.1 Å². The van der Waals surface area contributed by atoms with Crippen molar-refractivity contribution in [3.8, 4) is 5.75 Å². The summed E-state index contributed by atoms with van der Waals surface area (Å²) in [5, 5.41) is 5.51. The third kappa shape index (κ3) is 4.34. The normalized spacial score (nSPS) is 9.95. The van der Waals surface area contributed by atoms with E-state index in [1.807, 2.05) is 32.0 Å². The Morgan fingerprint density at radius 3 is 2.50 bits per heavy atom. The highest BCUT2D eigenvalue weighted by Crippen LogP contribution is 2.19. The first-order valence-corrected chi connectivity index (χ1v) is 6.88. The third-order valence-electron chi connectivity index (χ3n) is 2.99. The molecule has 0 aliphatic carbocycles. The SMILES string of the molecule is CC(=O)Oc1cccc(NC(=O)Nc2cc(C)ccc2C)c1. The zero-order valence-corrected chi connectivity index (χ0v) is 12.8. The molecule has 0 aliphatic rings. The van der Waals surface area contributed by atoms with Gasteiger partial charge in [-0.3, -0.25) is 4.79 Å². The predicted octanol–water partition coefficient (Wildman–Crippen LogP) is 3.87. The monoisotopic (exact) mass is 298 g/mol. The Morgan fingerprint density at radius 1 is 1.00 bits per heavy atom. The second-order valence-electron chi connectivity index (χ2n) is 5.02. The van der Waals surface area contributed by atoms with Gasteiger partial charge in [-0.1, -0.05) is 18.2 Å². The summed E-state index contributed by atoms with van der Waals surface area (Å²) in [5.41, 5.74) is 3.35. The van der Waals surface area contributed by atoms with E-state index in [4.69, 9.17) is 4.74 Å². The van der Waals surface area contributed by atoms with Crippen LogP contribution in [-0.2, 0) is 4.79 Å². The summed E-state index contributed by atoms with van der Waals surface area (Å²) in [7, 11) is 0. The molecule has 0 radical (unpaired) electrons. The number of carbonyl (C=O) groups excluding carboxylic acids is 2. The Hall–Kier alpha value is -2.82. The van der Waals surface area contributed by atoms with Gasteiger partial charge in [-0.2, -0.15) is 0 Å². The molecule has 0 fully saturated rings. The molecule has 5 heteroatoms. The highest BCUT2D eigenvalue weighted by Gasteiger charge is 2.06. The topological polar surface area (TPSA) is 67.4 Å². The fourth-order valence-corrected chi connectivity index (χ4v) is 1.96. The minimum Gasteiger partial charge on any atom is -0.427 e. The molecule has 114 valence electrons. The first kappa shape index (κ1) is 15.6. The molecule has 0 unspecified atom stereocenters. The van der Waals surface area contributed by atoms with E-state index >= 15 is 0 Å². The van der Waals surface area contributed by atoms with Gasteiger partial charge < -0.3 is 15.4 Å². The Labute approximate surface area is 129 Å². The van der Waals surface area contributed by atoms with Crippen LogP contribution >= 0.6 is 0 Å². The lowest BCUT2D eigenvalue weighted by Crippen LogP contribution is -2.20. The number of anilines is 2. The van der Waals surface area contributed by atoms with Crippen molar-refractivity contribution < 1.29 is 14.3 Å². The minimum atomic E-state index is -0.406. The molecule has 0 heterocycles. The summed E-state index contributed by atoms with van der Waals surface area (Å²) in [6, 6.07) is 12.1. The molecule has 0 saturated heterocycles. The van der Waals surface area contributed by atoms with Gasteiger partial charge >= 0.3 is 12.0 Å². The third-order valence-corrected chi connectivity index (χ3v) is 2.99. The number of nitrogens with one attached hydrogen (secondary N) is 2. The van der Waals surface area contributed by atoms with E-state index in [0.29, 0.717) is 11.4 Å². The minimum absolute atomic E-state index is 0.353. The summed E-state index contributed by atoms with van der Waals surface area (Å²) in [6.45, 7) is 5.22. The van der Waals surface area contributed by atoms with Crippen LogP contribution in [0.2, 0.25) is 0 Å². The number of hydrogen-bond donors (Lipinski definition) is 2. The van der Waals surface area contributed by atoms with Crippen molar-refractivity contribution in [1.82, 2.24) is 0 Å². The molecule has 2 N–H and O–H groups in total. The Bertz CT molecular complexity index is 711. The van der Waals surface area contributed by atoms with Crippen LogP contribution in [0.3, 0.4) is 0 Å². The number of carbonyl (C=O) groups is 2. The quantitative estimate of drug-likeness (QED) is 0.667. The first-order chi connectivity index (χ1) is 10.4. The zero-order valence-electron chi connectivity index (χ0n) is 12.8. The standard InChI is InChI=1S/C17H18N2O3/c1-11-7-8-12(2)16(9-11)19-17(21)18-14-5-4-6-15(10-14)22-13(3)20/h4-10H,1-3H3,(H2,18,19,21). The van der Waals surface area contributed by atoms with Crippen LogP contribution in [-0.4, -0.2) is 12.0 Å². The molecule has 0 aliphatic heterocycles. The summed E-state index contributed by atoms with van der Waals surface area (Å²) in [5.74, 6) is -0.0194. The molecule has 2 amide bonds. The Balaban J connectivity index is 2.05. The van der Waals surface area contributed by atoms with E-state index < -0.39 is 5.97 Å². The molecule has 0 bridgehead atoms.